The first-order chi connectivity index (χ1) is 10.0. The Morgan fingerprint density at radius 2 is 1.81 bits per heavy atom. The van der Waals surface area contributed by atoms with Crippen molar-refractivity contribution in [3.05, 3.63) is 47.8 Å². The van der Waals surface area contributed by atoms with Crippen molar-refractivity contribution in [2.75, 3.05) is 25.3 Å². The number of hydrogen-bond acceptors (Lipinski definition) is 4. The third kappa shape index (κ3) is 3.22. The van der Waals surface area contributed by atoms with Crippen LogP contribution in [-0.4, -0.2) is 20.1 Å². The number of ether oxygens (including phenoxy) is 2. The molecule has 0 heterocycles. The summed E-state index contributed by atoms with van der Waals surface area (Å²) < 4.78 is 23.3. The standard InChI is InChI=1S/C15H15FN2O3/c1-20-13-7-9(3-5-11(13)16)15(19)18-12-6-4-10(17)8-14(12)21-2/h3-8H,17H2,1-2H3,(H,18,19). The van der Waals surface area contributed by atoms with Crippen LogP contribution in [0.4, 0.5) is 15.8 Å². The topological polar surface area (TPSA) is 73.6 Å². The third-order valence-corrected chi connectivity index (χ3v) is 2.89. The first-order valence-corrected chi connectivity index (χ1v) is 6.13. The number of benzene rings is 2. The minimum absolute atomic E-state index is 0.00641. The fourth-order valence-electron chi connectivity index (χ4n) is 1.81. The summed E-state index contributed by atoms with van der Waals surface area (Å²) in [5, 5.41) is 2.68. The highest BCUT2D eigenvalue weighted by atomic mass is 19.1. The van der Waals surface area contributed by atoms with Crippen LogP contribution in [0.25, 0.3) is 0 Å². The molecule has 0 saturated carbocycles. The smallest absolute Gasteiger partial charge is 0.255 e. The van der Waals surface area contributed by atoms with Crippen LogP contribution < -0.4 is 20.5 Å². The van der Waals surface area contributed by atoms with Crippen molar-refractivity contribution in [1.29, 1.82) is 0 Å². The number of methoxy groups -OCH3 is 2. The first-order valence-electron chi connectivity index (χ1n) is 6.13. The lowest BCUT2D eigenvalue weighted by Crippen LogP contribution is -2.13. The lowest BCUT2D eigenvalue weighted by molar-refractivity contribution is 0.102. The van der Waals surface area contributed by atoms with E-state index in [1.54, 1.807) is 18.2 Å². The monoisotopic (exact) mass is 290 g/mol. The van der Waals surface area contributed by atoms with E-state index in [1.807, 2.05) is 0 Å². The summed E-state index contributed by atoms with van der Waals surface area (Å²) in [6, 6.07) is 8.75. The second-order valence-electron chi connectivity index (χ2n) is 4.26. The van der Waals surface area contributed by atoms with Crippen molar-refractivity contribution in [3.63, 3.8) is 0 Å². The molecule has 0 spiro atoms. The summed E-state index contributed by atoms with van der Waals surface area (Å²) in [5.41, 5.74) is 6.91. The van der Waals surface area contributed by atoms with E-state index >= 15 is 0 Å². The van der Waals surface area contributed by atoms with E-state index in [2.05, 4.69) is 5.32 Å². The minimum atomic E-state index is -0.529. The molecule has 0 unspecified atom stereocenters. The number of nitrogen functional groups attached to an aromatic ring is 1. The highest BCUT2D eigenvalue weighted by molar-refractivity contribution is 6.05. The van der Waals surface area contributed by atoms with Gasteiger partial charge in [0.25, 0.3) is 5.91 Å². The highest BCUT2D eigenvalue weighted by Gasteiger charge is 2.12. The van der Waals surface area contributed by atoms with E-state index in [-0.39, 0.29) is 11.3 Å². The lowest BCUT2D eigenvalue weighted by Gasteiger charge is -2.11. The molecule has 5 nitrogen and oxygen atoms in total. The predicted molar refractivity (Wildman–Crippen MR) is 78.3 cm³/mol. The van der Waals surface area contributed by atoms with Gasteiger partial charge in [-0.1, -0.05) is 0 Å². The summed E-state index contributed by atoms with van der Waals surface area (Å²) in [5.74, 6) is -0.486. The molecule has 0 fully saturated rings. The number of rotatable bonds is 4. The quantitative estimate of drug-likeness (QED) is 0.849. The predicted octanol–water partition coefficient (Wildman–Crippen LogP) is 2.68. The van der Waals surface area contributed by atoms with Gasteiger partial charge in [0.15, 0.2) is 11.6 Å². The zero-order valence-electron chi connectivity index (χ0n) is 11.6. The molecule has 2 aromatic carbocycles. The molecule has 0 aliphatic carbocycles. The van der Waals surface area contributed by atoms with Crippen molar-refractivity contribution in [2.45, 2.75) is 0 Å². The van der Waals surface area contributed by atoms with Crippen LogP contribution in [0.5, 0.6) is 11.5 Å². The van der Waals surface area contributed by atoms with E-state index in [0.29, 0.717) is 17.1 Å². The molecule has 2 aromatic rings. The maximum atomic E-state index is 13.3. The number of amides is 1. The number of halogens is 1. The SMILES string of the molecule is COc1cc(C(=O)Nc2ccc(N)cc2OC)ccc1F. The molecule has 3 N–H and O–H groups in total. The Morgan fingerprint density at radius 3 is 2.48 bits per heavy atom. The molecular weight excluding hydrogens is 275 g/mol. The molecular formula is C15H15FN2O3. The second kappa shape index (κ2) is 6.13. The number of nitrogens with two attached hydrogens (primary N) is 1. The Balaban J connectivity index is 2.26. The van der Waals surface area contributed by atoms with Gasteiger partial charge in [0.1, 0.15) is 5.75 Å². The van der Waals surface area contributed by atoms with E-state index in [9.17, 15) is 9.18 Å². The molecule has 0 bridgehead atoms. The molecule has 0 atom stereocenters. The third-order valence-electron chi connectivity index (χ3n) is 2.89. The van der Waals surface area contributed by atoms with Crippen LogP contribution in [0.15, 0.2) is 36.4 Å². The number of carbonyl (C=O) groups excluding carboxylic acids is 1. The van der Waals surface area contributed by atoms with Gasteiger partial charge in [0, 0.05) is 17.3 Å². The van der Waals surface area contributed by atoms with Gasteiger partial charge in [-0.2, -0.15) is 0 Å². The number of nitrogens with one attached hydrogen (secondary N) is 1. The van der Waals surface area contributed by atoms with Crippen LogP contribution in [-0.2, 0) is 0 Å². The zero-order valence-corrected chi connectivity index (χ0v) is 11.6. The molecule has 0 aromatic heterocycles. The van der Waals surface area contributed by atoms with Crippen molar-refractivity contribution in [2.24, 2.45) is 0 Å². The van der Waals surface area contributed by atoms with E-state index in [1.165, 1.54) is 32.4 Å². The molecule has 0 aliphatic heterocycles. The normalized spacial score (nSPS) is 10.0. The molecule has 0 radical (unpaired) electrons. The maximum absolute atomic E-state index is 13.3. The molecule has 6 heteroatoms. The molecule has 0 aliphatic rings. The summed E-state index contributed by atoms with van der Waals surface area (Å²) in [6.07, 6.45) is 0. The van der Waals surface area contributed by atoms with Crippen molar-refractivity contribution < 1.29 is 18.7 Å². The second-order valence-corrected chi connectivity index (χ2v) is 4.26. The fourth-order valence-corrected chi connectivity index (χ4v) is 1.81. The fraction of sp³-hybridized carbons (Fsp3) is 0.133. The summed E-state index contributed by atoms with van der Waals surface area (Å²) in [6.45, 7) is 0. The van der Waals surface area contributed by atoms with E-state index < -0.39 is 11.7 Å². The Morgan fingerprint density at radius 1 is 1.10 bits per heavy atom. The summed E-state index contributed by atoms with van der Waals surface area (Å²) >= 11 is 0. The zero-order chi connectivity index (χ0) is 15.4. The van der Waals surface area contributed by atoms with Gasteiger partial charge in [-0.15, -0.1) is 0 Å². The van der Waals surface area contributed by atoms with Crippen molar-refractivity contribution >= 4 is 17.3 Å². The Bertz CT molecular complexity index is 674. The number of anilines is 2. The van der Waals surface area contributed by atoms with E-state index in [0.717, 1.165) is 0 Å². The summed E-state index contributed by atoms with van der Waals surface area (Å²) in [4.78, 5) is 12.2. The van der Waals surface area contributed by atoms with Gasteiger partial charge in [-0.3, -0.25) is 4.79 Å². The van der Waals surface area contributed by atoms with Gasteiger partial charge < -0.3 is 20.5 Å². The Kier molecular flexibility index (Phi) is 4.27. The van der Waals surface area contributed by atoms with Crippen LogP contribution in [0.1, 0.15) is 10.4 Å². The Labute approximate surface area is 121 Å². The van der Waals surface area contributed by atoms with Crippen molar-refractivity contribution in [1.82, 2.24) is 0 Å². The van der Waals surface area contributed by atoms with Crippen LogP contribution >= 0.6 is 0 Å². The van der Waals surface area contributed by atoms with Crippen LogP contribution in [0.3, 0.4) is 0 Å². The average Bonchev–Trinajstić information content (AvgIpc) is 2.49. The lowest BCUT2D eigenvalue weighted by atomic mass is 10.2. The van der Waals surface area contributed by atoms with E-state index in [4.69, 9.17) is 15.2 Å². The summed E-state index contributed by atoms with van der Waals surface area (Å²) in [7, 11) is 2.81. The van der Waals surface area contributed by atoms with Gasteiger partial charge in [-0.25, -0.2) is 4.39 Å². The largest absolute Gasteiger partial charge is 0.494 e. The van der Waals surface area contributed by atoms with Crippen LogP contribution in [0, 0.1) is 5.82 Å². The van der Waals surface area contributed by atoms with Crippen LogP contribution in [0.2, 0.25) is 0 Å². The van der Waals surface area contributed by atoms with Gasteiger partial charge in [-0.05, 0) is 30.3 Å². The minimum Gasteiger partial charge on any atom is -0.494 e. The Hall–Kier alpha value is -2.76. The maximum Gasteiger partial charge on any atom is 0.255 e. The first kappa shape index (κ1) is 14.6. The van der Waals surface area contributed by atoms with Crippen molar-refractivity contribution in [3.8, 4) is 11.5 Å². The van der Waals surface area contributed by atoms with Gasteiger partial charge in [0.05, 0.1) is 19.9 Å². The van der Waals surface area contributed by atoms with Gasteiger partial charge >= 0.3 is 0 Å². The highest BCUT2D eigenvalue weighted by Crippen LogP contribution is 2.27. The van der Waals surface area contributed by atoms with Gasteiger partial charge in [0.2, 0.25) is 0 Å². The number of hydrogen-bond donors (Lipinski definition) is 2. The molecule has 2 rings (SSSR count). The molecule has 0 saturated heterocycles. The molecule has 110 valence electrons. The molecule has 1 amide bonds. The average molecular weight is 290 g/mol. The number of carbonyl (C=O) groups is 1. The molecule has 21 heavy (non-hydrogen) atoms.